The van der Waals surface area contributed by atoms with Crippen molar-refractivity contribution in [1.29, 1.82) is 0 Å². The average Bonchev–Trinajstić information content (AvgIpc) is 2.71. The number of hydrogen-bond acceptors (Lipinski definition) is 2. The molecule has 2 aromatic carbocycles. The van der Waals surface area contributed by atoms with E-state index < -0.39 is 6.10 Å². The van der Waals surface area contributed by atoms with Crippen molar-refractivity contribution in [3.63, 3.8) is 0 Å². The Balaban J connectivity index is 1.26. The van der Waals surface area contributed by atoms with Gasteiger partial charge in [-0.15, -0.1) is 0 Å². The third-order valence-electron chi connectivity index (χ3n) is 7.73. The van der Waals surface area contributed by atoms with Gasteiger partial charge in [-0.25, -0.2) is 0 Å². The number of anilines is 1. The van der Waals surface area contributed by atoms with Gasteiger partial charge >= 0.3 is 0 Å². The van der Waals surface area contributed by atoms with Crippen LogP contribution in [0, 0.1) is 24.7 Å². The molecule has 3 nitrogen and oxygen atoms in total. The lowest BCUT2D eigenvalue weighted by atomic mass is 9.48. The fourth-order valence-electron chi connectivity index (χ4n) is 6.77. The van der Waals surface area contributed by atoms with E-state index in [0.717, 1.165) is 34.8 Å². The monoisotopic (exact) mass is 403 g/mol. The first-order chi connectivity index (χ1) is 14.5. The predicted molar refractivity (Wildman–Crippen MR) is 121 cm³/mol. The van der Waals surface area contributed by atoms with Gasteiger partial charge in [-0.3, -0.25) is 4.79 Å². The number of nitrogens with one attached hydrogen (secondary N) is 1. The Bertz CT molecular complexity index is 881. The molecule has 2 aromatic rings. The molecule has 0 aliphatic heterocycles. The number of carbonyl (C=O) groups is 1. The van der Waals surface area contributed by atoms with E-state index in [1.807, 2.05) is 38.1 Å². The summed E-state index contributed by atoms with van der Waals surface area (Å²) in [6, 6.07) is 16.6. The predicted octanol–water partition coefficient (Wildman–Crippen LogP) is 6.26. The van der Waals surface area contributed by atoms with Crippen molar-refractivity contribution in [2.75, 3.05) is 5.32 Å². The maximum absolute atomic E-state index is 12.8. The minimum Gasteiger partial charge on any atom is -0.481 e. The molecule has 0 aromatic heterocycles. The van der Waals surface area contributed by atoms with Crippen molar-refractivity contribution in [1.82, 2.24) is 0 Å². The fourth-order valence-corrected chi connectivity index (χ4v) is 6.77. The molecule has 4 bridgehead atoms. The van der Waals surface area contributed by atoms with Crippen molar-refractivity contribution in [2.24, 2.45) is 17.8 Å². The van der Waals surface area contributed by atoms with Gasteiger partial charge in [-0.2, -0.15) is 0 Å². The van der Waals surface area contributed by atoms with Gasteiger partial charge in [0.1, 0.15) is 5.75 Å². The minimum atomic E-state index is -0.491. The maximum atomic E-state index is 12.8. The SMILES string of the molecule is CC[C@H](Oc1cccc(C)c1)C(=O)Nc1ccc(C23CC4CC(CC(C4)C2)C3)cc1. The van der Waals surface area contributed by atoms with E-state index in [1.165, 1.54) is 44.1 Å². The van der Waals surface area contributed by atoms with Crippen LogP contribution in [0.1, 0.15) is 63.0 Å². The van der Waals surface area contributed by atoms with Crippen molar-refractivity contribution in [3.05, 3.63) is 59.7 Å². The van der Waals surface area contributed by atoms with Gasteiger partial charge in [0.25, 0.3) is 5.91 Å². The lowest BCUT2D eigenvalue weighted by Gasteiger charge is -2.57. The molecule has 1 amide bonds. The van der Waals surface area contributed by atoms with Crippen molar-refractivity contribution in [3.8, 4) is 5.75 Å². The quantitative estimate of drug-likeness (QED) is 0.618. The van der Waals surface area contributed by atoms with Crippen LogP contribution in [0.4, 0.5) is 5.69 Å². The Kier molecular flexibility index (Phi) is 5.08. The summed E-state index contributed by atoms with van der Waals surface area (Å²) in [6.45, 7) is 4.01. The van der Waals surface area contributed by atoms with Crippen molar-refractivity contribution < 1.29 is 9.53 Å². The van der Waals surface area contributed by atoms with Crippen LogP contribution >= 0.6 is 0 Å². The normalized spacial score (nSPS) is 30.1. The highest BCUT2D eigenvalue weighted by molar-refractivity contribution is 5.94. The zero-order valence-corrected chi connectivity index (χ0v) is 18.2. The minimum absolute atomic E-state index is 0.0819. The molecular weight excluding hydrogens is 370 g/mol. The molecule has 0 unspecified atom stereocenters. The lowest BCUT2D eigenvalue weighted by Crippen LogP contribution is -2.48. The molecule has 4 aliphatic carbocycles. The maximum Gasteiger partial charge on any atom is 0.265 e. The van der Waals surface area contributed by atoms with Crippen LogP contribution < -0.4 is 10.1 Å². The van der Waals surface area contributed by atoms with Crippen LogP contribution in [0.15, 0.2) is 48.5 Å². The van der Waals surface area contributed by atoms with Gasteiger partial charge in [-0.1, -0.05) is 31.2 Å². The highest BCUT2D eigenvalue weighted by Crippen LogP contribution is 2.60. The molecular formula is C27H33NO2. The second kappa shape index (κ2) is 7.76. The molecule has 4 fully saturated rings. The third kappa shape index (κ3) is 3.75. The van der Waals surface area contributed by atoms with Crippen LogP contribution in [-0.4, -0.2) is 12.0 Å². The van der Waals surface area contributed by atoms with E-state index in [1.54, 1.807) is 0 Å². The Labute approximate surface area is 180 Å². The molecule has 1 N–H and O–H groups in total. The van der Waals surface area contributed by atoms with E-state index in [-0.39, 0.29) is 5.91 Å². The fraction of sp³-hybridized carbons (Fsp3) is 0.519. The molecule has 6 rings (SSSR count). The van der Waals surface area contributed by atoms with Gasteiger partial charge in [0.15, 0.2) is 6.10 Å². The summed E-state index contributed by atoms with van der Waals surface area (Å²) < 4.78 is 5.95. The lowest BCUT2D eigenvalue weighted by molar-refractivity contribution is -0.122. The molecule has 158 valence electrons. The summed E-state index contributed by atoms with van der Waals surface area (Å²) in [7, 11) is 0. The highest BCUT2D eigenvalue weighted by Gasteiger charge is 2.51. The summed E-state index contributed by atoms with van der Waals surface area (Å²) in [6.07, 6.45) is 8.64. The Morgan fingerprint density at radius 2 is 1.67 bits per heavy atom. The number of carbonyl (C=O) groups excluding carboxylic acids is 1. The summed E-state index contributed by atoms with van der Waals surface area (Å²) in [4.78, 5) is 12.8. The average molecular weight is 404 g/mol. The Hall–Kier alpha value is -2.29. The summed E-state index contributed by atoms with van der Waals surface area (Å²) in [5.74, 6) is 3.50. The van der Waals surface area contributed by atoms with Gasteiger partial charge in [-0.05, 0) is 110 Å². The third-order valence-corrected chi connectivity index (χ3v) is 7.73. The van der Waals surface area contributed by atoms with E-state index >= 15 is 0 Å². The number of ether oxygens (including phenoxy) is 1. The first kappa shape index (κ1) is 19.7. The first-order valence-electron chi connectivity index (χ1n) is 11.7. The van der Waals surface area contributed by atoms with E-state index in [4.69, 9.17) is 4.74 Å². The molecule has 0 heterocycles. The highest BCUT2D eigenvalue weighted by atomic mass is 16.5. The summed E-state index contributed by atoms with van der Waals surface area (Å²) in [5.41, 5.74) is 3.88. The first-order valence-corrected chi connectivity index (χ1v) is 11.7. The van der Waals surface area contributed by atoms with Crippen LogP contribution in [-0.2, 0) is 10.2 Å². The van der Waals surface area contributed by atoms with Crippen LogP contribution in [0.2, 0.25) is 0 Å². The second-order valence-corrected chi connectivity index (χ2v) is 10.1. The largest absolute Gasteiger partial charge is 0.481 e. The number of hydrogen-bond donors (Lipinski definition) is 1. The van der Waals surface area contributed by atoms with E-state index in [0.29, 0.717) is 11.8 Å². The van der Waals surface area contributed by atoms with Gasteiger partial charge < -0.3 is 10.1 Å². The van der Waals surface area contributed by atoms with Gasteiger partial charge in [0.2, 0.25) is 0 Å². The summed E-state index contributed by atoms with van der Waals surface area (Å²) >= 11 is 0. The van der Waals surface area contributed by atoms with E-state index in [2.05, 4.69) is 29.6 Å². The van der Waals surface area contributed by atoms with E-state index in [9.17, 15) is 4.79 Å². The van der Waals surface area contributed by atoms with Crippen LogP contribution in [0.25, 0.3) is 0 Å². The number of benzene rings is 2. The smallest absolute Gasteiger partial charge is 0.265 e. The molecule has 0 saturated heterocycles. The van der Waals surface area contributed by atoms with Gasteiger partial charge in [0, 0.05) is 5.69 Å². The molecule has 0 spiro atoms. The standard InChI is InChI=1S/C27H33NO2/c1-3-25(30-24-6-4-5-18(2)11-24)26(29)28-23-9-7-22(8-10-23)27-15-19-12-20(16-27)14-21(13-19)17-27/h4-11,19-21,25H,3,12-17H2,1-2H3,(H,28,29)/t19?,20?,21?,25-,27?/m0/s1. The van der Waals surface area contributed by atoms with Gasteiger partial charge in [0.05, 0.1) is 0 Å². The number of aryl methyl sites for hydroxylation is 1. The zero-order chi connectivity index (χ0) is 20.7. The summed E-state index contributed by atoms with van der Waals surface area (Å²) in [5, 5.41) is 3.06. The van der Waals surface area contributed by atoms with Crippen molar-refractivity contribution >= 4 is 11.6 Å². The molecule has 0 radical (unpaired) electrons. The topological polar surface area (TPSA) is 38.3 Å². The molecule has 4 aliphatic rings. The second-order valence-electron chi connectivity index (χ2n) is 10.1. The Morgan fingerprint density at radius 3 is 2.23 bits per heavy atom. The van der Waals surface area contributed by atoms with Crippen LogP contribution in [0.5, 0.6) is 5.75 Å². The molecule has 1 atom stereocenters. The number of amides is 1. The van der Waals surface area contributed by atoms with Crippen molar-refractivity contribution in [2.45, 2.75) is 70.3 Å². The molecule has 3 heteroatoms. The molecule has 4 saturated carbocycles. The zero-order valence-electron chi connectivity index (χ0n) is 18.2. The molecule has 30 heavy (non-hydrogen) atoms. The Morgan fingerprint density at radius 1 is 1.03 bits per heavy atom. The number of rotatable bonds is 6. The van der Waals surface area contributed by atoms with Crippen LogP contribution in [0.3, 0.4) is 0 Å².